The van der Waals surface area contributed by atoms with Crippen LogP contribution < -0.4 is 9.80 Å². The van der Waals surface area contributed by atoms with E-state index in [1.807, 2.05) is 68.3 Å². The maximum Gasteiger partial charge on any atom is 0.259 e. The van der Waals surface area contributed by atoms with Crippen molar-refractivity contribution in [1.29, 1.82) is 0 Å². The topological polar surface area (TPSA) is 53.5 Å². The Balaban J connectivity index is 1.58. The van der Waals surface area contributed by atoms with Crippen molar-refractivity contribution in [3.8, 4) is 11.3 Å². The minimum absolute atomic E-state index is 0.0212. The van der Waals surface area contributed by atoms with Crippen LogP contribution in [0, 0.1) is 19.8 Å². The van der Waals surface area contributed by atoms with E-state index in [-0.39, 0.29) is 17.7 Å². The van der Waals surface area contributed by atoms with Gasteiger partial charge in [-0.1, -0.05) is 26.0 Å². The summed E-state index contributed by atoms with van der Waals surface area (Å²) in [6.45, 7) is 8.71. The van der Waals surface area contributed by atoms with Crippen molar-refractivity contribution in [1.82, 2.24) is 4.98 Å². The monoisotopic (exact) mass is 447 g/mol. The molecule has 0 saturated heterocycles. The molecule has 0 saturated carbocycles. The van der Waals surface area contributed by atoms with Gasteiger partial charge < -0.3 is 4.90 Å². The van der Waals surface area contributed by atoms with Gasteiger partial charge in [0.1, 0.15) is 0 Å². The van der Waals surface area contributed by atoms with Crippen LogP contribution in [-0.4, -0.2) is 30.4 Å². The van der Waals surface area contributed by atoms with Crippen LogP contribution in [0.1, 0.15) is 47.3 Å². The molecule has 3 aromatic rings. The molecular formula is C26H29N3O2S. The maximum atomic E-state index is 13.0. The summed E-state index contributed by atoms with van der Waals surface area (Å²) in [7, 11) is 1.77. The molecule has 1 aromatic heterocycles. The minimum Gasteiger partial charge on any atom is -0.312 e. The van der Waals surface area contributed by atoms with Crippen LogP contribution in [0.25, 0.3) is 11.3 Å². The van der Waals surface area contributed by atoms with Crippen LogP contribution in [0.5, 0.6) is 0 Å². The third-order valence-electron chi connectivity index (χ3n) is 6.09. The molecule has 0 bridgehead atoms. The highest BCUT2D eigenvalue weighted by molar-refractivity contribution is 7.14. The highest BCUT2D eigenvalue weighted by Crippen LogP contribution is 2.34. The average molecular weight is 448 g/mol. The second-order valence-corrected chi connectivity index (χ2v) is 9.61. The van der Waals surface area contributed by atoms with E-state index in [1.165, 1.54) is 22.5 Å². The average Bonchev–Trinajstić information content (AvgIpc) is 3.29. The normalized spacial score (nSPS) is 13.2. The maximum absolute atomic E-state index is 13.0. The van der Waals surface area contributed by atoms with Crippen LogP contribution in [0.3, 0.4) is 0 Å². The Bertz CT molecular complexity index is 1180. The number of carbonyl (C=O) groups is 2. The van der Waals surface area contributed by atoms with E-state index in [0.717, 1.165) is 41.9 Å². The van der Waals surface area contributed by atoms with E-state index < -0.39 is 0 Å². The van der Waals surface area contributed by atoms with Crippen LogP contribution in [-0.2, 0) is 11.2 Å². The first kappa shape index (κ1) is 22.2. The van der Waals surface area contributed by atoms with Crippen LogP contribution >= 0.6 is 11.3 Å². The molecule has 0 atom stereocenters. The molecule has 2 heterocycles. The summed E-state index contributed by atoms with van der Waals surface area (Å²) in [5.74, 6) is 0.0792. The highest BCUT2D eigenvalue weighted by atomic mass is 32.1. The number of aromatic nitrogens is 1. The van der Waals surface area contributed by atoms with Crippen molar-refractivity contribution < 1.29 is 9.59 Å². The van der Waals surface area contributed by atoms with Gasteiger partial charge >= 0.3 is 0 Å². The van der Waals surface area contributed by atoms with Gasteiger partial charge in [-0.25, -0.2) is 4.98 Å². The molecule has 166 valence electrons. The summed E-state index contributed by atoms with van der Waals surface area (Å²) in [6.07, 6.45) is 1.91. The molecular weight excluding hydrogens is 418 g/mol. The zero-order valence-electron chi connectivity index (χ0n) is 19.3. The first-order valence-corrected chi connectivity index (χ1v) is 11.9. The van der Waals surface area contributed by atoms with E-state index >= 15 is 0 Å². The van der Waals surface area contributed by atoms with Crippen LogP contribution in [0.15, 0.2) is 41.8 Å². The fourth-order valence-corrected chi connectivity index (χ4v) is 4.80. The van der Waals surface area contributed by atoms with Gasteiger partial charge in [0.15, 0.2) is 5.13 Å². The lowest BCUT2D eigenvalue weighted by Crippen LogP contribution is -2.38. The van der Waals surface area contributed by atoms with Gasteiger partial charge in [0.05, 0.1) is 5.69 Å². The third-order valence-corrected chi connectivity index (χ3v) is 7.01. The number of hydrogen-bond donors (Lipinski definition) is 0. The number of nitrogens with zero attached hydrogens (tertiary/aromatic N) is 3. The van der Waals surface area contributed by atoms with Crippen molar-refractivity contribution in [2.45, 2.75) is 40.5 Å². The zero-order valence-corrected chi connectivity index (χ0v) is 20.1. The van der Waals surface area contributed by atoms with Gasteiger partial charge in [0, 0.05) is 41.7 Å². The Labute approximate surface area is 193 Å². The van der Waals surface area contributed by atoms with Gasteiger partial charge in [-0.05, 0) is 67.6 Å². The van der Waals surface area contributed by atoms with Gasteiger partial charge in [-0.2, -0.15) is 0 Å². The number of fused-ring (bicyclic) bond motifs is 1. The molecule has 0 N–H and O–H groups in total. The molecule has 32 heavy (non-hydrogen) atoms. The van der Waals surface area contributed by atoms with Crippen molar-refractivity contribution >= 4 is 34.0 Å². The molecule has 0 radical (unpaired) electrons. The predicted octanol–water partition coefficient (Wildman–Crippen LogP) is 5.64. The van der Waals surface area contributed by atoms with Crippen molar-refractivity contribution in [3.05, 3.63) is 64.0 Å². The number of hydrogen-bond acceptors (Lipinski definition) is 4. The number of anilines is 2. The second kappa shape index (κ2) is 8.87. The van der Waals surface area contributed by atoms with E-state index in [1.54, 1.807) is 11.9 Å². The SMILES string of the molecule is Cc1ccc(C(=O)N(C)c2nc(-c3ccc4c(c3)CCCN4C(=O)C(C)C)cs2)cc1C. The summed E-state index contributed by atoms with van der Waals surface area (Å²) in [6, 6.07) is 12.0. The van der Waals surface area contributed by atoms with E-state index in [2.05, 4.69) is 6.07 Å². The highest BCUT2D eigenvalue weighted by Gasteiger charge is 2.25. The molecule has 2 amide bonds. The molecule has 0 fully saturated rings. The largest absolute Gasteiger partial charge is 0.312 e. The third kappa shape index (κ3) is 4.19. The lowest BCUT2D eigenvalue weighted by atomic mass is 9.97. The molecule has 0 unspecified atom stereocenters. The number of rotatable bonds is 4. The molecule has 0 aliphatic carbocycles. The first-order chi connectivity index (χ1) is 15.3. The summed E-state index contributed by atoms with van der Waals surface area (Å²) in [5.41, 5.74) is 6.98. The van der Waals surface area contributed by atoms with Gasteiger partial charge in [-0.3, -0.25) is 14.5 Å². The van der Waals surface area contributed by atoms with Gasteiger partial charge in [-0.15, -0.1) is 11.3 Å². The standard InChI is InChI=1S/C26H29N3O2S/c1-16(2)24(30)29-12-6-7-20-14-19(10-11-23(20)29)22-15-32-26(27-22)28(5)25(31)21-9-8-17(3)18(4)13-21/h8-11,13-16H,6-7,12H2,1-5H3. The quantitative estimate of drug-likeness (QED) is 0.520. The van der Waals surface area contributed by atoms with Gasteiger partial charge in [0.25, 0.3) is 5.91 Å². The lowest BCUT2D eigenvalue weighted by Gasteiger charge is -2.31. The van der Waals surface area contributed by atoms with Crippen molar-refractivity contribution in [2.24, 2.45) is 5.92 Å². The number of aryl methyl sites for hydroxylation is 3. The smallest absolute Gasteiger partial charge is 0.259 e. The molecule has 4 rings (SSSR count). The molecule has 1 aliphatic heterocycles. The minimum atomic E-state index is -0.0673. The predicted molar refractivity (Wildman–Crippen MR) is 132 cm³/mol. The van der Waals surface area contributed by atoms with E-state index in [4.69, 9.17) is 4.98 Å². The van der Waals surface area contributed by atoms with Crippen molar-refractivity contribution in [2.75, 3.05) is 23.4 Å². The number of benzene rings is 2. The lowest BCUT2D eigenvalue weighted by molar-refractivity contribution is -0.121. The second-order valence-electron chi connectivity index (χ2n) is 8.77. The van der Waals surface area contributed by atoms with Gasteiger partial charge in [0.2, 0.25) is 5.91 Å². The summed E-state index contributed by atoms with van der Waals surface area (Å²) in [5, 5.41) is 2.65. The molecule has 1 aliphatic rings. The Morgan fingerprint density at radius 1 is 1.09 bits per heavy atom. The fraction of sp³-hybridized carbons (Fsp3) is 0.346. The van der Waals surface area contributed by atoms with E-state index in [0.29, 0.717) is 10.7 Å². The van der Waals surface area contributed by atoms with Crippen LogP contribution in [0.2, 0.25) is 0 Å². The van der Waals surface area contributed by atoms with Crippen molar-refractivity contribution in [3.63, 3.8) is 0 Å². The summed E-state index contributed by atoms with van der Waals surface area (Å²) < 4.78 is 0. The van der Waals surface area contributed by atoms with Crippen LogP contribution in [0.4, 0.5) is 10.8 Å². The summed E-state index contributed by atoms with van der Waals surface area (Å²) in [4.78, 5) is 33.8. The number of carbonyl (C=O) groups excluding carboxylic acids is 2. The first-order valence-electron chi connectivity index (χ1n) is 11.0. The summed E-state index contributed by atoms with van der Waals surface area (Å²) >= 11 is 1.46. The molecule has 0 spiro atoms. The number of thiazole rings is 1. The molecule has 2 aromatic carbocycles. The Morgan fingerprint density at radius 2 is 1.88 bits per heavy atom. The Hall–Kier alpha value is -2.99. The Kier molecular flexibility index (Phi) is 6.15. The fourth-order valence-electron chi connectivity index (χ4n) is 4.00. The molecule has 6 heteroatoms. The number of amides is 2. The Morgan fingerprint density at radius 3 is 2.59 bits per heavy atom. The van der Waals surface area contributed by atoms with E-state index in [9.17, 15) is 9.59 Å². The molecule has 5 nitrogen and oxygen atoms in total. The zero-order chi connectivity index (χ0) is 23.0.